The average molecular weight is 344 g/mol. The highest BCUT2D eigenvalue weighted by Crippen LogP contribution is 2.23. The van der Waals surface area contributed by atoms with E-state index in [1.807, 2.05) is 0 Å². The SMILES string of the molecule is Cc1cc(Cl)ccc1S(=O)(=O)Nc1cccc([S@](C)=O)c1. The maximum Gasteiger partial charge on any atom is 0.262 e. The van der Waals surface area contributed by atoms with Gasteiger partial charge in [-0.05, 0) is 48.9 Å². The third-order valence-corrected chi connectivity index (χ3v) is 5.54. The minimum absolute atomic E-state index is 0.162. The predicted molar refractivity (Wildman–Crippen MR) is 85.8 cm³/mol. The number of nitrogens with one attached hydrogen (secondary N) is 1. The van der Waals surface area contributed by atoms with E-state index >= 15 is 0 Å². The number of sulfonamides is 1. The number of anilines is 1. The Balaban J connectivity index is 2.37. The lowest BCUT2D eigenvalue weighted by atomic mass is 10.2. The molecule has 0 aromatic heterocycles. The zero-order valence-electron chi connectivity index (χ0n) is 11.5. The van der Waals surface area contributed by atoms with Crippen molar-refractivity contribution in [3.63, 3.8) is 0 Å². The molecule has 0 saturated carbocycles. The summed E-state index contributed by atoms with van der Waals surface area (Å²) in [6.07, 6.45) is 1.54. The molecule has 0 fully saturated rings. The number of aryl methyl sites for hydroxylation is 1. The van der Waals surface area contributed by atoms with Crippen LogP contribution in [0.2, 0.25) is 5.02 Å². The molecule has 0 aliphatic heterocycles. The van der Waals surface area contributed by atoms with Gasteiger partial charge < -0.3 is 0 Å². The molecule has 4 nitrogen and oxygen atoms in total. The van der Waals surface area contributed by atoms with Gasteiger partial charge in [-0.3, -0.25) is 8.93 Å². The summed E-state index contributed by atoms with van der Waals surface area (Å²) in [5.74, 6) is 0. The van der Waals surface area contributed by atoms with Gasteiger partial charge >= 0.3 is 0 Å². The van der Waals surface area contributed by atoms with Crippen LogP contribution in [0.4, 0.5) is 5.69 Å². The van der Waals surface area contributed by atoms with Crippen LogP contribution in [0.1, 0.15) is 5.56 Å². The van der Waals surface area contributed by atoms with Crippen LogP contribution < -0.4 is 4.72 Å². The number of rotatable bonds is 4. The van der Waals surface area contributed by atoms with E-state index in [1.165, 1.54) is 18.4 Å². The Bertz CT molecular complexity index is 804. The average Bonchev–Trinajstić information content (AvgIpc) is 2.37. The van der Waals surface area contributed by atoms with Crippen molar-refractivity contribution >= 4 is 38.1 Å². The Morgan fingerprint density at radius 3 is 2.48 bits per heavy atom. The van der Waals surface area contributed by atoms with Gasteiger partial charge in [-0.25, -0.2) is 8.42 Å². The maximum atomic E-state index is 12.4. The fraction of sp³-hybridized carbons (Fsp3) is 0.143. The highest BCUT2D eigenvalue weighted by Gasteiger charge is 2.17. The van der Waals surface area contributed by atoms with Crippen LogP contribution in [0.15, 0.2) is 52.3 Å². The fourth-order valence-corrected chi connectivity index (χ4v) is 3.93. The van der Waals surface area contributed by atoms with Crippen LogP contribution in [0, 0.1) is 6.92 Å². The predicted octanol–water partition coefficient (Wildman–Crippen LogP) is 3.19. The molecule has 0 bridgehead atoms. The first-order valence-electron chi connectivity index (χ1n) is 6.02. The lowest BCUT2D eigenvalue weighted by molar-refractivity contribution is 0.600. The van der Waals surface area contributed by atoms with Gasteiger partial charge in [-0.2, -0.15) is 0 Å². The molecule has 0 radical (unpaired) electrons. The molecule has 0 aliphatic rings. The molecule has 112 valence electrons. The molecular weight excluding hydrogens is 330 g/mol. The van der Waals surface area contributed by atoms with Crippen LogP contribution >= 0.6 is 11.6 Å². The zero-order chi connectivity index (χ0) is 15.6. The summed E-state index contributed by atoms with van der Waals surface area (Å²) in [6, 6.07) is 11.1. The highest BCUT2D eigenvalue weighted by atomic mass is 35.5. The summed E-state index contributed by atoms with van der Waals surface area (Å²) in [5, 5.41) is 0.481. The zero-order valence-corrected chi connectivity index (χ0v) is 13.8. The molecule has 1 N–H and O–H groups in total. The van der Waals surface area contributed by atoms with Crippen molar-refractivity contribution in [2.45, 2.75) is 16.7 Å². The van der Waals surface area contributed by atoms with Gasteiger partial charge in [0.15, 0.2) is 0 Å². The first-order valence-corrected chi connectivity index (χ1v) is 9.44. The van der Waals surface area contributed by atoms with Crippen LogP contribution in [-0.4, -0.2) is 18.9 Å². The summed E-state index contributed by atoms with van der Waals surface area (Å²) in [6.45, 7) is 1.68. The minimum atomic E-state index is -3.71. The van der Waals surface area contributed by atoms with Gasteiger partial charge in [0.25, 0.3) is 10.0 Å². The first-order chi connectivity index (χ1) is 9.79. The number of benzene rings is 2. The number of hydrogen-bond donors (Lipinski definition) is 1. The van der Waals surface area contributed by atoms with Crippen molar-refractivity contribution < 1.29 is 12.6 Å². The van der Waals surface area contributed by atoms with Crippen molar-refractivity contribution in [2.75, 3.05) is 11.0 Å². The third-order valence-electron chi connectivity index (χ3n) is 2.84. The van der Waals surface area contributed by atoms with Crippen molar-refractivity contribution in [1.29, 1.82) is 0 Å². The molecule has 21 heavy (non-hydrogen) atoms. The lowest BCUT2D eigenvalue weighted by Crippen LogP contribution is -2.14. The van der Waals surface area contributed by atoms with Gasteiger partial charge in [0.05, 0.1) is 10.6 Å². The largest absolute Gasteiger partial charge is 0.280 e. The Morgan fingerprint density at radius 2 is 1.86 bits per heavy atom. The van der Waals surface area contributed by atoms with Crippen LogP contribution in [0.3, 0.4) is 0 Å². The molecule has 0 spiro atoms. The number of hydrogen-bond acceptors (Lipinski definition) is 3. The van der Waals surface area contributed by atoms with Gasteiger partial charge in [0, 0.05) is 27.0 Å². The second kappa shape index (κ2) is 6.17. The van der Waals surface area contributed by atoms with Crippen molar-refractivity contribution in [3.05, 3.63) is 53.1 Å². The van der Waals surface area contributed by atoms with E-state index in [1.54, 1.807) is 37.3 Å². The summed E-state index contributed by atoms with van der Waals surface area (Å²) in [5.41, 5.74) is 0.933. The van der Waals surface area contributed by atoms with Gasteiger partial charge in [0.2, 0.25) is 0 Å². The second-order valence-electron chi connectivity index (χ2n) is 4.50. The summed E-state index contributed by atoms with van der Waals surface area (Å²) >= 11 is 5.83. The van der Waals surface area contributed by atoms with Crippen molar-refractivity contribution in [3.8, 4) is 0 Å². The Labute approximate surface area is 131 Å². The number of halogens is 1. The molecular formula is C14H14ClNO3S2. The summed E-state index contributed by atoms with van der Waals surface area (Å²) < 4.78 is 38.7. The summed E-state index contributed by atoms with van der Waals surface area (Å²) in [7, 11) is -4.88. The molecule has 1 atom stereocenters. The van der Waals surface area contributed by atoms with E-state index in [9.17, 15) is 12.6 Å². The highest BCUT2D eigenvalue weighted by molar-refractivity contribution is 7.92. The van der Waals surface area contributed by atoms with Crippen LogP contribution in [0.25, 0.3) is 0 Å². The van der Waals surface area contributed by atoms with E-state index in [2.05, 4.69) is 4.72 Å². The van der Waals surface area contributed by atoms with E-state index in [-0.39, 0.29) is 4.90 Å². The van der Waals surface area contributed by atoms with E-state index < -0.39 is 20.8 Å². The van der Waals surface area contributed by atoms with Gasteiger partial charge in [-0.15, -0.1) is 0 Å². The molecule has 2 aromatic rings. The lowest BCUT2D eigenvalue weighted by Gasteiger charge is -2.11. The van der Waals surface area contributed by atoms with Crippen molar-refractivity contribution in [2.24, 2.45) is 0 Å². The normalized spacial score (nSPS) is 12.9. The molecule has 0 heterocycles. The Morgan fingerprint density at radius 1 is 1.14 bits per heavy atom. The molecule has 0 saturated heterocycles. The first kappa shape index (κ1) is 16.0. The molecule has 2 aromatic carbocycles. The Hall–Kier alpha value is -1.37. The standard InChI is InChI=1S/C14H14ClNO3S2/c1-10-8-11(15)6-7-14(10)21(18,19)16-12-4-3-5-13(9-12)20(2)17/h3-9,16H,1-2H3/t20-/m0/s1. The van der Waals surface area contributed by atoms with Crippen LogP contribution in [-0.2, 0) is 20.8 Å². The van der Waals surface area contributed by atoms with Gasteiger partial charge in [0.1, 0.15) is 0 Å². The molecule has 0 aliphatic carbocycles. The minimum Gasteiger partial charge on any atom is -0.280 e. The molecule has 7 heteroatoms. The van der Waals surface area contributed by atoms with E-state index in [0.717, 1.165) is 0 Å². The molecule has 2 rings (SSSR count). The van der Waals surface area contributed by atoms with E-state index in [4.69, 9.17) is 11.6 Å². The Kier molecular flexibility index (Phi) is 4.70. The van der Waals surface area contributed by atoms with Gasteiger partial charge in [-0.1, -0.05) is 17.7 Å². The monoisotopic (exact) mass is 343 g/mol. The third kappa shape index (κ3) is 3.84. The van der Waals surface area contributed by atoms with Crippen LogP contribution in [0.5, 0.6) is 0 Å². The smallest absolute Gasteiger partial charge is 0.262 e. The topological polar surface area (TPSA) is 63.2 Å². The van der Waals surface area contributed by atoms with Crippen molar-refractivity contribution in [1.82, 2.24) is 0 Å². The second-order valence-corrected chi connectivity index (χ2v) is 7.96. The quantitative estimate of drug-likeness (QED) is 0.927. The summed E-state index contributed by atoms with van der Waals surface area (Å²) in [4.78, 5) is 0.720. The van der Waals surface area contributed by atoms with E-state index in [0.29, 0.717) is 21.2 Å². The maximum absolute atomic E-state index is 12.4. The molecule has 0 amide bonds. The molecule has 0 unspecified atom stereocenters. The fourth-order valence-electron chi connectivity index (χ4n) is 1.86.